The largest absolute Gasteiger partial charge is 0.454 e. The van der Waals surface area contributed by atoms with E-state index >= 15 is 4.39 Å². The van der Waals surface area contributed by atoms with E-state index in [0.717, 1.165) is 55.6 Å². The molecule has 6 aromatic carbocycles. The van der Waals surface area contributed by atoms with Crippen LogP contribution in [0.25, 0.3) is 33.2 Å². The molecule has 1 aliphatic rings. The summed E-state index contributed by atoms with van der Waals surface area (Å²) in [5.74, 6) is 0.733. The van der Waals surface area contributed by atoms with Crippen molar-refractivity contribution >= 4 is 68.0 Å². The molecular weight excluding hydrogens is 670 g/mol. The number of rotatable bonds is 6. The van der Waals surface area contributed by atoms with Crippen LogP contribution < -0.4 is 25.6 Å². The van der Waals surface area contributed by atoms with E-state index in [9.17, 15) is 0 Å². The second kappa shape index (κ2) is 12.5. The molecule has 53 heavy (non-hydrogen) atoms. The summed E-state index contributed by atoms with van der Waals surface area (Å²) >= 11 is 0. The number of halogens is 1. The van der Waals surface area contributed by atoms with Gasteiger partial charge < -0.3 is 4.42 Å². The van der Waals surface area contributed by atoms with E-state index in [-0.39, 0.29) is 0 Å². The number of hydrogen-bond donors (Lipinski definition) is 0. The first-order valence-electron chi connectivity index (χ1n) is 17.8. The lowest BCUT2D eigenvalue weighted by Gasteiger charge is -2.44. The van der Waals surface area contributed by atoms with E-state index in [1.54, 1.807) is 6.20 Å². The number of pyridine rings is 2. The van der Waals surface area contributed by atoms with Crippen LogP contribution in [0.1, 0.15) is 17.3 Å². The van der Waals surface area contributed by atoms with Gasteiger partial charge in [-0.05, 0) is 74.3 Å². The molecule has 10 rings (SSSR count). The molecule has 0 fully saturated rings. The van der Waals surface area contributed by atoms with Crippen molar-refractivity contribution in [1.29, 1.82) is 0 Å². The normalized spacial score (nSPS) is 13.8. The van der Waals surface area contributed by atoms with E-state index in [1.165, 1.54) is 15.6 Å². The maximum atomic E-state index is 17.1. The van der Waals surface area contributed by atoms with Crippen LogP contribution in [0.5, 0.6) is 0 Å². The fourth-order valence-electron chi connectivity index (χ4n) is 8.24. The van der Waals surface area contributed by atoms with Gasteiger partial charge in [0.1, 0.15) is 11.4 Å². The maximum absolute atomic E-state index is 17.1. The van der Waals surface area contributed by atoms with E-state index in [0.29, 0.717) is 11.1 Å². The number of para-hydroxylation sites is 1. The van der Waals surface area contributed by atoms with Gasteiger partial charge in [0.15, 0.2) is 19.8 Å². The molecule has 0 saturated carbocycles. The zero-order chi connectivity index (χ0) is 35.4. The highest BCUT2D eigenvalue weighted by molar-refractivity contribution is 7.21. The van der Waals surface area contributed by atoms with Gasteiger partial charge in [0, 0.05) is 34.4 Å². The van der Waals surface area contributed by atoms with Crippen LogP contribution >= 0.6 is 0 Å². The Labute approximate surface area is 307 Å². The van der Waals surface area contributed by atoms with Crippen LogP contribution in [0.4, 0.5) is 21.6 Å². The third-order valence-corrected chi connectivity index (χ3v) is 15.4. The molecular formula is C47H32FN3OSi. The smallest absolute Gasteiger partial charge is 0.184 e. The van der Waals surface area contributed by atoms with Crippen LogP contribution in [0.15, 0.2) is 193 Å². The summed E-state index contributed by atoms with van der Waals surface area (Å²) in [6.07, 6.45) is 2.19. The highest BCUT2D eigenvalue weighted by Crippen LogP contribution is 2.45. The molecule has 252 valence electrons. The molecule has 0 spiro atoms. The lowest BCUT2D eigenvalue weighted by Crippen LogP contribution is -2.77. The standard InChI is InChI=1S/C47H32FN3OSi/c48-45(33-15-13-14-32(30-33)39-21-9-11-28-49-39)34-24-26-42-40(31-34)51(44-23-10-12-29-50-44)46-43(27-25-38-37-20-7-8-22-41(37)52-47(38)46)53(42,35-16-3-1-4-17-35)36-18-5-2-6-19-36/h1-31,45H. The topological polar surface area (TPSA) is 42.2 Å². The molecule has 1 atom stereocenters. The van der Waals surface area contributed by atoms with Crippen molar-refractivity contribution in [3.8, 4) is 11.3 Å². The van der Waals surface area contributed by atoms with Crippen molar-refractivity contribution in [3.63, 3.8) is 0 Å². The third kappa shape index (κ3) is 4.87. The van der Waals surface area contributed by atoms with E-state index in [2.05, 4.69) is 94.8 Å². The maximum Gasteiger partial charge on any atom is 0.184 e. The Balaban J connectivity index is 1.30. The Bertz CT molecular complexity index is 2720. The van der Waals surface area contributed by atoms with Gasteiger partial charge in [0.2, 0.25) is 0 Å². The van der Waals surface area contributed by atoms with Gasteiger partial charge in [0.25, 0.3) is 0 Å². The third-order valence-electron chi connectivity index (χ3n) is 10.5. The molecule has 0 radical (unpaired) electrons. The van der Waals surface area contributed by atoms with Crippen LogP contribution in [-0.4, -0.2) is 18.0 Å². The second-order valence-electron chi connectivity index (χ2n) is 13.4. The molecule has 0 bridgehead atoms. The van der Waals surface area contributed by atoms with Gasteiger partial charge >= 0.3 is 0 Å². The molecule has 0 aliphatic carbocycles. The molecule has 4 heterocycles. The first kappa shape index (κ1) is 31.1. The zero-order valence-corrected chi connectivity index (χ0v) is 29.6. The van der Waals surface area contributed by atoms with Crippen molar-refractivity contribution in [1.82, 2.24) is 9.97 Å². The molecule has 9 aromatic rings. The summed E-state index contributed by atoms with van der Waals surface area (Å²) in [5, 5.41) is 6.89. The lowest BCUT2D eigenvalue weighted by atomic mass is 9.99. The van der Waals surface area contributed by atoms with Crippen LogP contribution in [0.3, 0.4) is 0 Å². The second-order valence-corrected chi connectivity index (χ2v) is 17.2. The first-order chi connectivity index (χ1) is 26.2. The fourth-order valence-corrected chi connectivity index (χ4v) is 13.3. The highest BCUT2D eigenvalue weighted by Gasteiger charge is 2.50. The van der Waals surface area contributed by atoms with Gasteiger partial charge in [-0.2, -0.15) is 0 Å². The first-order valence-corrected chi connectivity index (χ1v) is 19.8. The van der Waals surface area contributed by atoms with Crippen molar-refractivity contribution in [2.24, 2.45) is 0 Å². The average Bonchev–Trinajstić information content (AvgIpc) is 3.63. The van der Waals surface area contributed by atoms with E-state index in [1.807, 2.05) is 97.2 Å². The molecule has 0 saturated heterocycles. The van der Waals surface area contributed by atoms with Crippen molar-refractivity contribution in [2.45, 2.75) is 6.17 Å². The number of aromatic nitrogens is 2. The van der Waals surface area contributed by atoms with Crippen molar-refractivity contribution in [3.05, 3.63) is 199 Å². The van der Waals surface area contributed by atoms with Crippen molar-refractivity contribution in [2.75, 3.05) is 4.90 Å². The van der Waals surface area contributed by atoms with Gasteiger partial charge in [0.05, 0.1) is 11.4 Å². The number of hydrogen-bond acceptors (Lipinski definition) is 4. The average molecular weight is 702 g/mol. The minimum Gasteiger partial charge on any atom is -0.454 e. The van der Waals surface area contributed by atoms with Gasteiger partial charge in [-0.25, -0.2) is 9.37 Å². The minimum absolute atomic E-state index is 0.562. The summed E-state index contributed by atoms with van der Waals surface area (Å²) < 4.78 is 24.0. The Kier molecular flexibility index (Phi) is 7.37. The Morgan fingerprint density at radius 2 is 1.23 bits per heavy atom. The Morgan fingerprint density at radius 1 is 0.547 bits per heavy atom. The summed E-state index contributed by atoms with van der Waals surface area (Å²) in [6, 6.07) is 59.9. The summed E-state index contributed by atoms with van der Waals surface area (Å²) in [5.41, 5.74) is 6.25. The van der Waals surface area contributed by atoms with E-state index < -0.39 is 14.2 Å². The SMILES string of the molecule is FC(c1cccc(-c2ccccn2)c1)c1ccc2c(c1)N(c1ccccn1)c1c(ccc3c1oc1ccccc13)[Si]2(c1ccccc1)c1ccccc1. The van der Waals surface area contributed by atoms with Crippen LogP contribution in [0.2, 0.25) is 0 Å². The monoisotopic (exact) mass is 701 g/mol. The zero-order valence-electron chi connectivity index (χ0n) is 28.6. The molecule has 4 nitrogen and oxygen atoms in total. The van der Waals surface area contributed by atoms with Crippen LogP contribution in [0, 0.1) is 0 Å². The molecule has 0 N–H and O–H groups in total. The predicted molar refractivity (Wildman–Crippen MR) is 216 cm³/mol. The molecule has 1 unspecified atom stereocenters. The Morgan fingerprint density at radius 3 is 1.96 bits per heavy atom. The summed E-state index contributed by atoms with van der Waals surface area (Å²) in [6.45, 7) is 0. The molecule has 3 aromatic heterocycles. The van der Waals surface area contributed by atoms with Gasteiger partial charge in [-0.3, -0.25) is 9.88 Å². The fraction of sp³-hybridized carbons (Fsp3) is 0.0213. The molecule has 1 aliphatic heterocycles. The molecule has 0 amide bonds. The number of furan rings is 1. The van der Waals surface area contributed by atoms with E-state index in [4.69, 9.17) is 9.40 Å². The lowest BCUT2D eigenvalue weighted by molar-refractivity contribution is 0.402. The minimum atomic E-state index is -3.07. The summed E-state index contributed by atoms with van der Waals surface area (Å²) in [7, 11) is -3.07. The number of anilines is 3. The number of fused-ring (bicyclic) bond motifs is 6. The molecule has 6 heteroatoms. The Hall–Kier alpha value is -6.63. The number of benzene rings is 6. The van der Waals surface area contributed by atoms with Gasteiger partial charge in [-0.1, -0.05) is 133 Å². The predicted octanol–water partition coefficient (Wildman–Crippen LogP) is 9.26. The summed E-state index contributed by atoms with van der Waals surface area (Å²) in [4.78, 5) is 11.7. The number of alkyl halides is 1. The number of nitrogens with zero attached hydrogens (tertiary/aromatic N) is 3. The van der Waals surface area contributed by atoms with Crippen molar-refractivity contribution < 1.29 is 8.81 Å². The van der Waals surface area contributed by atoms with Crippen LogP contribution in [-0.2, 0) is 0 Å². The highest BCUT2D eigenvalue weighted by atomic mass is 28.3. The van der Waals surface area contributed by atoms with Gasteiger partial charge in [-0.15, -0.1) is 0 Å². The quantitative estimate of drug-likeness (QED) is 0.162.